The summed E-state index contributed by atoms with van der Waals surface area (Å²) in [5, 5.41) is 6.16. The molecule has 0 aliphatic carbocycles. The van der Waals surface area contributed by atoms with Crippen LogP contribution in [0.15, 0.2) is 53.3 Å². The standard InChI is InChI=1S/C22H18ClN5O3S/c1-3-28-22(31)16-10-5-4-9-15(16)17(27-28)19(29)25-26-20(30)18-12(2)24-21(32-18)13-7-6-8-14(23)11-13/h4-11H,3H2,1-2H3,(H,25,29)(H,26,30). The van der Waals surface area contributed by atoms with Crippen molar-refractivity contribution in [1.82, 2.24) is 25.6 Å². The zero-order valence-corrected chi connectivity index (χ0v) is 18.8. The smallest absolute Gasteiger partial charge is 0.267 e. The average molecular weight is 468 g/mol. The molecule has 0 saturated carbocycles. The van der Waals surface area contributed by atoms with Crippen LogP contribution in [0.5, 0.6) is 0 Å². The lowest BCUT2D eigenvalue weighted by molar-refractivity contribution is 0.0845. The summed E-state index contributed by atoms with van der Waals surface area (Å²) in [7, 11) is 0. The first-order chi connectivity index (χ1) is 15.4. The van der Waals surface area contributed by atoms with E-state index < -0.39 is 11.8 Å². The van der Waals surface area contributed by atoms with Crippen molar-refractivity contribution in [3.8, 4) is 10.6 Å². The lowest BCUT2D eigenvalue weighted by Crippen LogP contribution is -2.42. The molecule has 0 aliphatic heterocycles. The SMILES string of the molecule is CCn1nc(C(=O)NNC(=O)c2sc(-c3cccc(Cl)c3)nc2C)c2ccccc2c1=O. The quantitative estimate of drug-likeness (QED) is 0.446. The number of fused-ring (bicyclic) bond motifs is 1. The number of carbonyl (C=O) groups is 2. The number of halogens is 1. The van der Waals surface area contributed by atoms with Crippen LogP contribution in [0.3, 0.4) is 0 Å². The van der Waals surface area contributed by atoms with Crippen LogP contribution in [0.25, 0.3) is 21.3 Å². The van der Waals surface area contributed by atoms with Crippen molar-refractivity contribution in [3.05, 3.63) is 80.2 Å². The van der Waals surface area contributed by atoms with Gasteiger partial charge in [-0.3, -0.25) is 25.2 Å². The van der Waals surface area contributed by atoms with Gasteiger partial charge in [0.2, 0.25) is 0 Å². The molecule has 2 N–H and O–H groups in total. The zero-order chi connectivity index (χ0) is 22.8. The summed E-state index contributed by atoms with van der Waals surface area (Å²) in [6.07, 6.45) is 0. The molecule has 2 aromatic carbocycles. The number of aryl methyl sites for hydroxylation is 2. The molecule has 10 heteroatoms. The monoisotopic (exact) mass is 467 g/mol. The highest BCUT2D eigenvalue weighted by atomic mass is 35.5. The molecule has 2 heterocycles. The van der Waals surface area contributed by atoms with Gasteiger partial charge >= 0.3 is 0 Å². The molecule has 4 aromatic rings. The number of thiazole rings is 1. The van der Waals surface area contributed by atoms with E-state index in [0.29, 0.717) is 37.9 Å². The Labute approximate surface area is 191 Å². The van der Waals surface area contributed by atoms with Crippen LogP contribution in [-0.4, -0.2) is 26.6 Å². The van der Waals surface area contributed by atoms with Crippen LogP contribution >= 0.6 is 22.9 Å². The van der Waals surface area contributed by atoms with Gasteiger partial charge in [0.05, 0.1) is 11.1 Å². The molecule has 32 heavy (non-hydrogen) atoms. The number of amides is 2. The third-order valence-electron chi connectivity index (χ3n) is 4.75. The van der Waals surface area contributed by atoms with Crippen molar-refractivity contribution >= 4 is 45.5 Å². The molecular formula is C22H18ClN5O3S. The Hall–Kier alpha value is -3.56. The van der Waals surface area contributed by atoms with Gasteiger partial charge in [0.15, 0.2) is 5.69 Å². The Balaban J connectivity index is 1.56. The van der Waals surface area contributed by atoms with Gasteiger partial charge in [-0.2, -0.15) is 5.10 Å². The summed E-state index contributed by atoms with van der Waals surface area (Å²) in [4.78, 5) is 42.7. The summed E-state index contributed by atoms with van der Waals surface area (Å²) in [5.41, 5.74) is 5.89. The molecule has 0 spiro atoms. The number of benzene rings is 2. The number of rotatable bonds is 4. The van der Waals surface area contributed by atoms with Crippen molar-refractivity contribution < 1.29 is 9.59 Å². The molecule has 0 saturated heterocycles. The van der Waals surface area contributed by atoms with Gasteiger partial charge in [0.1, 0.15) is 9.88 Å². The van der Waals surface area contributed by atoms with Gasteiger partial charge in [-0.15, -0.1) is 11.3 Å². The molecular weight excluding hydrogens is 450 g/mol. The summed E-state index contributed by atoms with van der Waals surface area (Å²) in [6, 6.07) is 13.9. The van der Waals surface area contributed by atoms with Crippen molar-refractivity contribution in [2.45, 2.75) is 20.4 Å². The van der Waals surface area contributed by atoms with Crippen molar-refractivity contribution in [2.75, 3.05) is 0 Å². The highest BCUT2D eigenvalue weighted by molar-refractivity contribution is 7.17. The summed E-state index contributed by atoms with van der Waals surface area (Å²) in [6.45, 7) is 3.78. The van der Waals surface area contributed by atoms with E-state index in [1.54, 1.807) is 56.3 Å². The minimum absolute atomic E-state index is 0.0444. The van der Waals surface area contributed by atoms with Crippen LogP contribution in [0.4, 0.5) is 0 Å². The minimum atomic E-state index is -0.631. The van der Waals surface area contributed by atoms with Gasteiger partial charge < -0.3 is 0 Å². The average Bonchev–Trinajstić information content (AvgIpc) is 3.19. The van der Waals surface area contributed by atoms with Crippen LogP contribution < -0.4 is 16.4 Å². The van der Waals surface area contributed by atoms with Gasteiger partial charge in [-0.1, -0.05) is 41.9 Å². The van der Waals surface area contributed by atoms with Crippen LogP contribution in [0, 0.1) is 6.92 Å². The molecule has 2 aromatic heterocycles. The van der Waals surface area contributed by atoms with E-state index in [0.717, 1.165) is 5.56 Å². The number of aromatic nitrogens is 3. The lowest BCUT2D eigenvalue weighted by Gasteiger charge is -2.10. The van der Waals surface area contributed by atoms with Gasteiger partial charge in [-0.25, -0.2) is 9.67 Å². The van der Waals surface area contributed by atoms with Gasteiger partial charge in [-0.05, 0) is 32.0 Å². The molecule has 4 rings (SSSR count). The van der Waals surface area contributed by atoms with E-state index in [9.17, 15) is 14.4 Å². The Morgan fingerprint density at radius 2 is 1.78 bits per heavy atom. The molecule has 0 bridgehead atoms. The van der Waals surface area contributed by atoms with Crippen molar-refractivity contribution in [1.29, 1.82) is 0 Å². The predicted molar refractivity (Wildman–Crippen MR) is 124 cm³/mol. The van der Waals surface area contributed by atoms with Crippen molar-refractivity contribution in [3.63, 3.8) is 0 Å². The largest absolute Gasteiger partial charge is 0.290 e. The molecule has 0 fully saturated rings. The Morgan fingerprint density at radius 3 is 2.50 bits per heavy atom. The second kappa shape index (κ2) is 8.89. The maximum atomic E-state index is 12.8. The highest BCUT2D eigenvalue weighted by Gasteiger charge is 2.20. The molecule has 0 radical (unpaired) electrons. The second-order valence-electron chi connectivity index (χ2n) is 6.87. The minimum Gasteiger partial charge on any atom is -0.267 e. The van der Waals surface area contributed by atoms with E-state index >= 15 is 0 Å². The lowest BCUT2D eigenvalue weighted by atomic mass is 10.1. The molecule has 162 valence electrons. The summed E-state index contributed by atoms with van der Waals surface area (Å²) < 4.78 is 1.21. The maximum Gasteiger partial charge on any atom is 0.290 e. The van der Waals surface area contributed by atoms with E-state index in [4.69, 9.17) is 11.6 Å². The fraction of sp³-hybridized carbons (Fsp3) is 0.136. The number of carbonyl (C=O) groups excluding carboxylic acids is 2. The van der Waals surface area contributed by atoms with Gasteiger partial charge in [0, 0.05) is 22.5 Å². The summed E-state index contributed by atoms with van der Waals surface area (Å²) in [5.74, 6) is -1.14. The van der Waals surface area contributed by atoms with Crippen LogP contribution in [0.1, 0.15) is 32.8 Å². The third kappa shape index (κ3) is 4.12. The second-order valence-corrected chi connectivity index (χ2v) is 8.30. The van der Waals surface area contributed by atoms with Crippen LogP contribution in [0.2, 0.25) is 5.02 Å². The molecule has 0 unspecified atom stereocenters. The third-order valence-corrected chi connectivity index (χ3v) is 6.19. The van der Waals surface area contributed by atoms with Gasteiger partial charge in [0.25, 0.3) is 17.4 Å². The Morgan fingerprint density at radius 1 is 1.06 bits per heavy atom. The Kier molecular flexibility index (Phi) is 6.02. The highest BCUT2D eigenvalue weighted by Crippen LogP contribution is 2.29. The number of hydrogen-bond acceptors (Lipinski definition) is 6. The first-order valence-electron chi connectivity index (χ1n) is 9.73. The predicted octanol–water partition coefficient (Wildman–Crippen LogP) is 3.58. The molecule has 2 amide bonds. The fourth-order valence-electron chi connectivity index (χ4n) is 3.20. The first kappa shape index (κ1) is 21.7. The number of nitrogens with zero attached hydrogens (tertiary/aromatic N) is 3. The molecule has 8 nitrogen and oxygen atoms in total. The van der Waals surface area contributed by atoms with E-state index in [1.165, 1.54) is 16.0 Å². The number of hydrazine groups is 1. The number of nitrogens with one attached hydrogen (secondary N) is 2. The zero-order valence-electron chi connectivity index (χ0n) is 17.2. The molecule has 0 atom stereocenters. The van der Waals surface area contributed by atoms with E-state index in [2.05, 4.69) is 20.9 Å². The van der Waals surface area contributed by atoms with E-state index in [-0.39, 0.29) is 11.3 Å². The molecule has 0 aliphatic rings. The maximum absolute atomic E-state index is 12.8. The first-order valence-corrected chi connectivity index (χ1v) is 10.9. The van der Waals surface area contributed by atoms with Crippen LogP contribution in [-0.2, 0) is 6.54 Å². The topological polar surface area (TPSA) is 106 Å². The van der Waals surface area contributed by atoms with E-state index in [1.807, 2.05) is 6.07 Å². The Bertz CT molecular complexity index is 1410. The number of hydrogen-bond donors (Lipinski definition) is 2. The normalized spacial score (nSPS) is 10.8. The fourth-order valence-corrected chi connectivity index (χ4v) is 4.35. The van der Waals surface area contributed by atoms with Crippen molar-refractivity contribution in [2.24, 2.45) is 0 Å². The summed E-state index contributed by atoms with van der Waals surface area (Å²) >= 11 is 7.24.